The lowest BCUT2D eigenvalue weighted by atomic mass is 10.0. The summed E-state index contributed by atoms with van der Waals surface area (Å²) in [6, 6.07) is 11.4. The van der Waals surface area contributed by atoms with Crippen LogP contribution in [-0.4, -0.2) is 42.4 Å². The minimum absolute atomic E-state index is 0.0404. The molecule has 0 bridgehead atoms. The lowest BCUT2D eigenvalue weighted by Gasteiger charge is -2.31. The molecule has 2 amide bonds. The summed E-state index contributed by atoms with van der Waals surface area (Å²) in [4.78, 5) is 26.2. The normalized spacial score (nSPS) is 15.3. The summed E-state index contributed by atoms with van der Waals surface area (Å²) in [7, 11) is 0. The molecule has 2 aromatic rings. The topological polar surface area (TPSA) is 61.4 Å². The monoisotopic (exact) mass is 373 g/mol. The van der Waals surface area contributed by atoms with Gasteiger partial charge in [0.2, 0.25) is 5.91 Å². The van der Waals surface area contributed by atoms with Gasteiger partial charge in [0.15, 0.2) is 0 Å². The number of amides is 2. The van der Waals surface area contributed by atoms with Crippen LogP contribution in [0.1, 0.15) is 23.2 Å². The summed E-state index contributed by atoms with van der Waals surface area (Å²) in [5.41, 5.74) is 0.590. The van der Waals surface area contributed by atoms with E-state index in [1.807, 2.05) is 4.90 Å². The number of carbonyl (C=O) groups excluding carboxylic acids is 2. The number of anilines is 1. The van der Waals surface area contributed by atoms with Gasteiger partial charge >= 0.3 is 0 Å². The molecule has 1 aliphatic heterocycles. The maximum atomic E-state index is 13.7. The van der Waals surface area contributed by atoms with E-state index in [9.17, 15) is 18.4 Å². The van der Waals surface area contributed by atoms with Crippen molar-refractivity contribution in [2.45, 2.75) is 18.9 Å². The van der Waals surface area contributed by atoms with Crippen LogP contribution < -0.4 is 10.6 Å². The van der Waals surface area contributed by atoms with Gasteiger partial charge in [-0.25, -0.2) is 8.78 Å². The molecular weight excluding hydrogens is 352 g/mol. The molecule has 0 atom stereocenters. The van der Waals surface area contributed by atoms with Crippen LogP contribution in [0.5, 0.6) is 0 Å². The van der Waals surface area contributed by atoms with Gasteiger partial charge in [-0.3, -0.25) is 14.5 Å². The van der Waals surface area contributed by atoms with Gasteiger partial charge in [0, 0.05) is 24.8 Å². The number of benzene rings is 2. The highest BCUT2D eigenvalue weighted by Crippen LogP contribution is 2.13. The van der Waals surface area contributed by atoms with Crippen LogP contribution in [0.25, 0.3) is 0 Å². The average Bonchev–Trinajstić information content (AvgIpc) is 2.65. The maximum Gasteiger partial charge on any atom is 0.254 e. The molecule has 27 heavy (non-hydrogen) atoms. The van der Waals surface area contributed by atoms with Gasteiger partial charge in [-0.15, -0.1) is 0 Å². The molecule has 0 spiro atoms. The highest BCUT2D eigenvalue weighted by Gasteiger charge is 2.23. The fourth-order valence-electron chi connectivity index (χ4n) is 3.08. The highest BCUT2D eigenvalue weighted by molar-refractivity contribution is 5.94. The average molecular weight is 373 g/mol. The van der Waals surface area contributed by atoms with Crippen LogP contribution in [0.2, 0.25) is 0 Å². The van der Waals surface area contributed by atoms with Gasteiger partial charge < -0.3 is 10.6 Å². The van der Waals surface area contributed by atoms with Gasteiger partial charge in [-0.05, 0) is 49.2 Å². The number of nitrogens with one attached hydrogen (secondary N) is 2. The van der Waals surface area contributed by atoms with Crippen LogP contribution in [0.15, 0.2) is 48.5 Å². The molecule has 0 aliphatic carbocycles. The summed E-state index contributed by atoms with van der Waals surface area (Å²) in [6.45, 7) is 1.53. The molecule has 1 saturated heterocycles. The van der Waals surface area contributed by atoms with Crippen LogP contribution in [0, 0.1) is 11.6 Å². The van der Waals surface area contributed by atoms with Gasteiger partial charge in [0.25, 0.3) is 5.91 Å². The summed E-state index contributed by atoms with van der Waals surface area (Å²) in [6.07, 6.45) is 1.37. The predicted molar refractivity (Wildman–Crippen MR) is 98.4 cm³/mol. The van der Waals surface area contributed by atoms with Crippen molar-refractivity contribution >= 4 is 17.5 Å². The third kappa shape index (κ3) is 5.34. The molecule has 1 aliphatic rings. The molecule has 2 aromatic carbocycles. The third-order valence-corrected chi connectivity index (χ3v) is 4.54. The zero-order valence-corrected chi connectivity index (χ0v) is 14.8. The van der Waals surface area contributed by atoms with E-state index in [1.54, 1.807) is 12.1 Å². The number of carbonyl (C=O) groups is 2. The Kier molecular flexibility index (Phi) is 6.13. The minimum atomic E-state index is -0.537. The van der Waals surface area contributed by atoms with Crippen molar-refractivity contribution in [2.75, 3.05) is 25.0 Å². The first-order chi connectivity index (χ1) is 13.0. The highest BCUT2D eigenvalue weighted by atomic mass is 19.1. The Morgan fingerprint density at radius 1 is 1.00 bits per heavy atom. The first-order valence-electron chi connectivity index (χ1n) is 8.84. The Labute approximate surface area is 156 Å². The first kappa shape index (κ1) is 19.0. The largest absolute Gasteiger partial charge is 0.349 e. The zero-order valence-electron chi connectivity index (χ0n) is 14.8. The molecule has 142 valence electrons. The molecule has 7 heteroatoms. The number of hydrogen-bond donors (Lipinski definition) is 2. The molecule has 5 nitrogen and oxygen atoms in total. The second kappa shape index (κ2) is 8.73. The molecule has 0 aromatic heterocycles. The van der Waals surface area contributed by atoms with E-state index in [-0.39, 0.29) is 29.9 Å². The number of hydrogen-bond acceptors (Lipinski definition) is 3. The molecular formula is C20H21F2N3O2. The van der Waals surface area contributed by atoms with Crippen molar-refractivity contribution in [1.29, 1.82) is 0 Å². The van der Waals surface area contributed by atoms with E-state index < -0.39 is 11.7 Å². The lowest BCUT2D eigenvalue weighted by molar-refractivity contribution is -0.117. The van der Waals surface area contributed by atoms with E-state index in [0.29, 0.717) is 31.6 Å². The molecule has 0 radical (unpaired) electrons. The van der Waals surface area contributed by atoms with Crippen molar-refractivity contribution in [3.8, 4) is 0 Å². The van der Waals surface area contributed by atoms with Crippen LogP contribution in [0.3, 0.4) is 0 Å². The van der Waals surface area contributed by atoms with Crippen molar-refractivity contribution < 1.29 is 18.4 Å². The Morgan fingerprint density at radius 2 is 1.67 bits per heavy atom. The predicted octanol–water partition coefficient (Wildman–Crippen LogP) is 2.80. The summed E-state index contributed by atoms with van der Waals surface area (Å²) in [5.74, 6) is -1.48. The smallest absolute Gasteiger partial charge is 0.254 e. The van der Waals surface area contributed by atoms with Crippen molar-refractivity contribution in [3.05, 3.63) is 65.7 Å². The Hall–Kier alpha value is -2.80. The van der Waals surface area contributed by atoms with E-state index in [4.69, 9.17) is 0 Å². The van der Waals surface area contributed by atoms with Crippen LogP contribution in [0.4, 0.5) is 14.5 Å². The minimum Gasteiger partial charge on any atom is -0.349 e. The zero-order chi connectivity index (χ0) is 19.2. The number of nitrogens with zero attached hydrogens (tertiary/aromatic N) is 1. The van der Waals surface area contributed by atoms with E-state index in [1.165, 1.54) is 36.4 Å². The SMILES string of the molecule is O=C(CN1CCC(NC(=O)c2ccccc2F)CC1)Nc1ccc(F)cc1. The Bertz CT molecular complexity index is 803. The Balaban J connectivity index is 1.43. The van der Waals surface area contributed by atoms with Gasteiger partial charge in [0.1, 0.15) is 11.6 Å². The molecule has 2 N–H and O–H groups in total. The van der Waals surface area contributed by atoms with Crippen molar-refractivity contribution in [2.24, 2.45) is 0 Å². The van der Waals surface area contributed by atoms with Gasteiger partial charge in [-0.1, -0.05) is 12.1 Å². The third-order valence-electron chi connectivity index (χ3n) is 4.54. The standard InChI is InChI=1S/C20H21F2N3O2/c21-14-5-7-15(8-6-14)23-19(26)13-25-11-9-16(10-12-25)24-20(27)17-3-1-2-4-18(17)22/h1-8,16H,9-13H2,(H,23,26)(H,24,27). The molecule has 0 unspecified atom stereocenters. The number of likely N-dealkylation sites (tertiary alicyclic amines) is 1. The second-order valence-corrected chi connectivity index (χ2v) is 6.56. The lowest BCUT2D eigenvalue weighted by Crippen LogP contribution is -2.46. The van der Waals surface area contributed by atoms with E-state index >= 15 is 0 Å². The molecule has 1 fully saturated rings. The summed E-state index contributed by atoms with van der Waals surface area (Å²) >= 11 is 0. The first-order valence-corrected chi connectivity index (χ1v) is 8.84. The van der Waals surface area contributed by atoms with Crippen molar-refractivity contribution in [1.82, 2.24) is 10.2 Å². The fraction of sp³-hybridized carbons (Fsp3) is 0.300. The van der Waals surface area contributed by atoms with E-state index in [2.05, 4.69) is 10.6 Å². The van der Waals surface area contributed by atoms with E-state index in [0.717, 1.165) is 0 Å². The number of halogens is 2. The second-order valence-electron chi connectivity index (χ2n) is 6.56. The maximum absolute atomic E-state index is 13.7. The number of rotatable bonds is 5. The number of piperidine rings is 1. The van der Waals surface area contributed by atoms with Crippen molar-refractivity contribution in [3.63, 3.8) is 0 Å². The summed E-state index contributed by atoms with van der Waals surface area (Å²) in [5, 5.41) is 5.58. The molecule has 1 heterocycles. The molecule has 3 rings (SSSR count). The van der Waals surface area contributed by atoms with Crippen LogP contribution in [-0.2, 0) is 4.79 Å². The van der Waals surface area contributed by atoms with Gasteiger partial charge in [0.05, 0.1) is 12.1 Å². The Morgan fingerprint density at radius 3 is 2.33 bits per heavy atom. The van der Waals surface area contributed by atoms with Gasteiger partial charge in [-0.2, -0.15) is 0 Å². The summed E-state index contributed by atoms with van der Waals surface area (Å²) < 4.78 is 26.5. The quantitative estimate of drug-likeness (QED) is 0.847. The fourth-order valence-corrected chi connectivity index (χ4v) is 3.08. The van der Waals surface area contributed by atoms with Crippen LogP contribution >= 0.6 is 0 Å². The molecule has 0 saturated carbocycles.